The fraction of sp³-hybridized carbons (Fsp3) is 0. The quantitative estimate of drug-likeness (QED) is 0.0929. The predicted octanol–water partition coefficient (Wildman–Crippen LogP) is 15.2. The van der Waals surface area contributed by atoms with E-state index in [1.165, 1.54) is 81.0 Å². The van der Waals surface area contributed by atoms with E-state index < -0.39 is 8.07 Å². The summed E-state index contributed by atoms with van der Waals surface area (Å²) in [4.78, 5) is 2.39. The Bertz CT molecular complexity index is 4390. The number of aromatic nitrogens is 2. The average molecular weight is 986 g/mol. The minimum absolute atomic E-state index is 1.06. The molecule has 0 bridgehead atoms. The average Bonchev–Trinajstić information content (AvgIpc) is 4.26. The van der Waals surface area contributed by atoms with Crippen molar-refractivity contribution in [2.45, 2.75) is 0 Å². The second-order valence-corrected chi connectivity index (χ2v) is 23.5. The summed E-state index contributed by atoms with van der Waals surface area (Å²) in [5.41, 5.74) is 14.9. The Kier molecular flexibility index (Phi) is 11.0. The Labute approximate surface area is 443 Å². The van der Waals surface area contributed by atoms with Crippen molar-refractivity contribution in [1.82, 2.24) is 8.97 Å². The molecular weight excluding hydrogens is 935 g/mol. The Hall–Kier alpha value is -9.74. The summed E-state index contributed by atoms with van der Waals surface area (Å²) in [5.74, 6) is 0. The molecule has 4 heteroatoms. The lowest BCUT2D eigenvalue weighted by molar-refractivity contribution is 1.18. The standard InChI is InChI=1S/C72H51N3Si/c1-51-63-28-14-17-31-68(63)75-70-33-19-15-29-64(70)66(72(51)75)48-36-52-34-41-56(42-35-52)73(58-45-49-71-67(50-58)65-30-16-18-32-69(65)74(71)55-20-6-2-7-21-55)57-43-37-53(38-44-57)54-39-46-62(47-40-54)76(59-22-8-3-9-23-59,60-24-10-4-11-25-60)61-26-12-5-13-27-61/h2-50H,1H2/b48-36+. The summed E-state index contributed by atoms with van der Waals surface area (Å²) >= 11 is 0. The van der Waals surface area contributed by atoms with Crippen molar-refractivity contribution in [2.24, 2.45) is 0 Å². The van der Waals surface area contributed by atoms with Gasteiger partial charge in [-0.25, -0.2) is 0 Å². The van der Waals surface area contributed by atoms with Crippen LogP contribution in [0.2, 0.25) is 0 Å². The van der Waals surface area contributed by atoms with Crippen LogP contribution in [-0.2, 0) is 0 Å². The van der Waals surface area contributed by atoms with Crippen LogP contribution in [0, 0.1) is 0 Å². The fourth-order valence-corrected chi connectivity index (χ4v) is 16.9. The van der Waals surface area contributed by atoms with Gasteiger partial charge in [-0.2, -0.15) is 0 Å². The number of rotatable bonds is 11. The molecule has 0 atom stereocenters. The lowest BCUT2D eigenvalue weighted by atomic mass is 10.0. The molecule has 0 aliphatic carbocycles. The molecule has 0 aliphatic rings. The molecule has 3 nitrogen and oxygen atoms in total. The van der Waals surface area contributed by atoms with Crippen molar-refractivity contribution in [1.29, 1.82) is 0 Å². The van der Waals surface area contributed by atoms with Crippen molar-refractivity contribution < 1.29 is 0 Å². The van der Waals surface area contributed by atoms with Gasteiger partial charge in [0.15, 0.2) is 8.07 Å². The molecule has 0 N–H and O–H groups in total. The van der Waals surface area contributed by atoms with Gasteiger partial charge in [0.05, 0.1) is 27.6 Å². The van der Waals surface area contributed by atoms with Crippen LogP contribution in [0.4, 0.5) is 17.1 Å². The third-order valence-electron chi connectivity index (χ3n) is 15.6. The van der Waals surface area contributed by atoms with E-state index >= 15 is 0 Å². The molecule has 0 spiro atoms. The second kappa shape index (κ2) is 18.6. The van der Waals surface area contributed by atoms with Crippen LogP contribution >= 0.6 is 0 Å². The van der Waals surface area contributed by atoms with Crippen molar-refractivity contribution in [3.8, 4) is 16.8 Å². The maximum atomic E-state index is 4.59. The van der Waals surface area contributed by atoms with Gasteiger partial charge in [0.1, 0.15) is 0 Å². The number of benzene rings is 11. The van der Waals surface area contributed by atoms with Crippen LogP contribution < -0.4 is 30.9 Å². The number of hydrogen-bond acceptors (Lipinski definition) is 1. The molecule has 3 aromatic heterocycles. The molecule has 0 fully saturated rings. The molecule has 14 rings (SSSR count). The first kappa shape index (κ1) is 44.9. The largest absolute Gasteiger partial charge is 0.310 e. The number of fused-ring (bicyclic) bond motifs is 8. The van der Waals surface area contributed by atoms with Crippen molar-refractivity contribution >= 4 is 114 Å². The molecule has 76 heavy (non-hydrogen) atoms. The zero-order valence-electron chi connectivity index (χ0n) is 41.8. The highest BCUT2D eigenvalue weighted by molar-refractivity contribution is 7.19. The molecule has 0 saturated heterocycles. The third-order valence-corrected chi connectivity index (χ3v) is 20.4. The van der Waals surface area contributed by atoms with Crippen molar-refractivity contribution in [2.75, 3.05) is 4.90 Å². The highest BCUT2D eigenvalue weighted by Gasteiger charge is 2.41. The predicted molar refractivity (Wildman–Crippen MR) is 327 cm³/mol. The third kappa shape index (κ3) is 7.33. The fourth-order valence-electron chi connectivity index (χ4n) is 12.1. The molecule has 14 aromatic rings. The summed E-state index contributed by atoms with van der Waals surface area (Å²) < 4.78 is 4.75. The van der Waals surface area contributed by atoms with Gasteiger partial charge in [0.2, 0.25) is 0 Å². The van der Waals surface area contributed by atoms with Gasteiger partial charge < -0.3 is 13.9 Å². The molecule has 0 aliphatic heterocycles. The van der Waals surface area contributed by atoms with Gasteiger partial charge in [-0.05, 0) is 110 Å². The maximum absolute atomic E-state index is 4.59. The molecule has 0 radical (unpaired) electrons. The summed E-state index contributed by atoms with van der Waals surface area (Å²) in [6.45, 7) is 4.59. The minimum Gasteiger partial charge on any atom is -0.310 e. The van der Waals surface area contributed by atoms with Gasteiger partial charge in [-0.3, -0.25) is 0 Å². The van der Waals surface area contributed by atoms with Crippen molar-refractivity contribution in [3.63, 3.8) is 0 Å². The monoisotopic (exact) mass is 985 g/mol. The van der Waals surface area contributed by atoms with E-state index in [4.69, 9.17) is 0 Å². The van der Waals surface area contributed by atoms with Crippen LogP contribution in [0.5, 0.6) is 0 Å². The van der Waals surface area contributed by atoms with E-state index in [0.717, 1.165) is 39.0 Å². The van der Waals surface area contributed by atoms with E-state index in [-0.39, 0.29) is 0 Å². The molecule has 11 aromatic carbocycles. The Balaban J connectivity index is 0.861. The summed E-state index contributed by atoms with van der Waals surface area (Å²) in [5, 5.41) is 11.3. The van der Waals surface area contributed by atoms with Crippen LogP contribution in [0.25, 0.3) is 84.7 Å². The first-order valence-corrected chi connectivity index (χ1v) is 28.1. The first-order valence-electron chi connectivity index (χ1n) is 26.1. The van der Waals surface area contributed by atoms with E-state index in [0.29, 0.717) is 0 Å². The zero-order chi connectivity index (χ0) is 50.6. The number of anilines is 3. The normalized spacial score (nSPS) is 11.9. The topological polar surface area (TPSA) is 12.6 Å². The number of para-hydroxylation sites is 4. The lowest BCUT2D eigenvalue weighted by Gasteiger charge is -2.34. The summed E-state index contributed by atoms with van der Waals surface area (Å²) in [6, 6.07) is 104. The lowest BCUT2D eigenvalue weighted by Crippen LogP contribution is -2.74. The van der Waals surface area contributed by atoms with Gasteiger partial charge in [0.25, 0.3) is 0 Å². The van der Waals surface area contributed by atoms with Gasteiger partial charge in [-0.1, -0.05) is 231 Å². The van der Waals surface area contributed by atoms with E-state index in [1.807, 2.05) is 0 Å². The Morgan fingerprint density at radius 2 is 0.776 bits per heavy atom. The number of nitrogens with zero attached hydrogens (tertiary/aromatic N) is 3. The maximum Gasteiger partial charge on any atom is 0.179 e. The Morgan fingerprint density at radius 1 is 0.342 bits per heavy atom. The highest BCUT2D eigenvalue weighted by atomic mass is 28.3. The van der Waals surface area contributed by atoms with E-state index in [2.05, 4.69) is 318 Å². The smallest absolute Gasteiger partial charge is 0.179 e. The molecule has 0 amide bonds. The van der Waals surface area contributed by atoms with Crippen LogP contribution in [-0.4, -0.2) is 17.0 Å². The molecular formula is C72H51N3Si. The first-order chi connectivity index (χ1) is 37.6. The van der Waals surface area contributed by atoms with Crippen LogP contribution in [0.3, 0.4) is 0 Å². The van der Waals surface area contributed by atoms with Gasteiger partial charge >= 0.3 is 0 Å². The number of hydrogen-bond donors (Lipinski definition) is 0. The molecule has 0 unspecified atom stereocenters. The minimum atomic E-state index is -2.65. The highest BCUT2D eigenvalue weighted by Crippen LogP contribution is 2.41. The zero-order valence-corrected chi connectivity index (χ0v) is 42.8. The van der Waals surface area contributed by atoms with E-state index in [9.17, 15) is 0 Å². The van der Waals surface area contributed by atoms with Crippen molar-refractivity contribution in [3.05, 3.63) is 301 Å². The SMILES string of the molecule is C=c1c2ccccc2n2c1c(/C=C/c1ccc(N(c3ccc(-c4ccc([Si](c5ccccc5)(c5ccccc5)c5ccccc5)cc4)cc3)c3ccc4c(c3)c3ccccc3n4-c3ccccc3)cc1)c1ccccc12. The van der Waals surface area contributed by atoms with Gasteiger partial charge in [-0.15, -0.1) is 0 Å². The summed E-state index contributed by atoms with van der Waals surface area (Å²) in [7, 11) is -2.65. The van der Waals surface area contributed by atoms with Crippen LogP contribution in [0.1, 0.15) is 11.1 Å². The molecule has 358 valence electrons. The van der Waals surface area contributed by atoms with E-state index in [1.54, 1.807) is 0 Å². The summed E-state index contributed by atoms with van der Waals surface area (Å²) in [6.07, 6.45) is 4.51. The second-order valence-electron chi connectivity index (χ2n) is 19.7. The van der Waals surface area contributed by atoms with Crippen LogP contribution in [0.15, 0.2) is 285 Å². The van der Waals surface area contributed by atoms with Gasteiger partial charge in [0, 0.05) is 55.1 Å². The molecule has 0 saturated carbocycles. The molecule has 3 heterocycles. The Morgan fingerprint density at radius 3 is 1.37 bits per heavy atom.